The molecule has 21 heavy (non-hydrogen) atoms. The second-order valence-corrected chi connectivity index (χ2v) is 6.31. The van der Waals surface area contributed by atoms with E-state index in [9.17, 15) is 0 Å². The zero-order valence-corrected chi connectivity index (χ0v) is 14.7. The lowest BCUT2D eigenvalue weighted by Crippen LogP contribution is -2.10. The van der Waals surface area contributed by atoms with Gasteiger partial charge in [-0.2, -0.15) is 0 Å². The molecular weight excluding hydrogens is 326 g/mol. The van der Waals surface area contributed by atoms with Crippen molar-refractivity contribution in [3.63, 3.8) is 0 Å². The van der Waals surface area contributed by atoms with Gasteiger partial charge in [0.2, 0.25) is 0 Å². The summed E-state index contributed by atoms with van der Waals surface area (Å²) in [5, 5.41) is 3.45. The van der Waals surface area contributed by atoms with Crippen molar-refractivity contribution in [3.8, 4) is 11.4 Å². The number of benzene rings is 1. The van der Waals surface area contributed by atoms with Gasteiger partial charge in [0.05, 0.1) is 0 Å². The first-order valence-electron chi connectivity index (χ1n) is 7.41. The zero-order chi connectivity index (χ0) is 15.4. The van der Waals surface area contributed by atoms with Crippen LogP contribution in [0.25, 0.3) is 11.4 Å². The Morgan fingerprint density at radius 3 is 2.52 bits per heavy atom. The van der Waals surface area contributed by atoms with Gasteiger partial charge in [-0.3, -0.25) is 0 Å². The molecule has 0 saturated carbocycles. The minimum atomic E-state index is 0.401. The van der Waals surface area contributed by atoms with Gasteiger partial charge in [-0.05, 0) is 25.3 Å². The van der Waals surface area contributed by atoms with Crippen molar-refractivity contribution in [3.05, 3.63) is 40.0 Å². The van der Waals surface area contributed by atoms with Gasteiger partial charge in [-0.15, -0.1) is 0 Å². The summed E-state index contributed by atoms with van der Waals surface area (Å²) in [5.74, 6) is 2.13. The normalized spacial score (nSPS) is 11.0. The number of hydrogen-bond acceptors (Lipinski definition) is 3. The van der Waals surface area contributed by atoms with E-state index < -0.39 is 0 Å². The third-order valence-electron chi connectivity index (χ3n) is 3.37. The average Bonchev–Trinajstić information content (AvgIpc) is 2.44. The number of nitrogens with one attached hydrogen (secondary N) is 1. The molecule has 112 valence electrons. The lowest BCUT2D eigenvalue weighted by molar-refractivity contribution is 0.826. The highest BCUT2D eigenvalue weighted by molar-refractivity contribution is 9.10. The van der Waals surface area contributed by atoms with Gasteiger partial charge in [-0.25, -0.2) is 9.97 Å². The van der Waals surface area contributed by atoms with E-state index in [1.165, 1.54) is 5.56 Å². The molecular formula is C17H22BrN3. The van der Waals surface area contributed by atoms with E-state index in [1.807, 2.05) is 24.3 Å². The summed E-state index contributed by atoms with van der Waals surface area (Å²) in [7, 11) is 0. The van der Waals surface area contributed by atoms with Crippen LogP contribution in [0.1, 0.15) is 44.4 Å². The Morgan fingerprint density at radius 1 is 1.19 bits per heavy atom. The van der Waals surface area contributed by atoms with Crippen molar-refractivity contribution >= 4 is 21.7 Å². The van der Waals surface area contributed by atoms with Crippen molar-refractivity contribution in [1.82, 2.24) is 9.97 Å². The third kappa shape index (κ3) is 3.62. The summed E-state index contributed by atoms with van der Waals surface area (Å²) < 4.78 is 1.02. The molecule has 0 saturated heterocycles. The topological polar surface area (TPSA) is 37.8 Å². The van der Waals surface area contributed by atoms with Gasteiger partial charge in [-0.1, -0.05) is 54.9 Å². The van der Waals surface area contributed by atoms with E-state index in [2.05, 4.69) is 48.9 Å². The fourth-order valence-electron chi connectivity index (χ4n) is 2.41. The number of hydrogen-bond donors (Lipinski definition) is 1. The molecule has 0 unspecified atom stereocenters. The molecule has 1 heterocycles. The highest BCUT2D eigenvalue weighted by Gasteiger charge is 2.16. The molecule has 0 atom stereocenters. The molecule has 0 radical (unpaired) electrons. The SMILES string of the molecule is CCCNc1nc(-c2ccccc2Br)nc(C)c1C(C)C. The van der Waals surface area contributed by atoms with Gasteiger partial charge >= 0.3 is 0 Å². The molecule has 0 fully saturated rings. The number of aryl methyl sites for hydroxylation is 1. The standard InChI is InChI=1S/C17H22BrN3/c1-5-10-19-17-15(11(2)3)12(4)20-16(21-17)13-8-6-7-9-14(13)18/h6-9,11H,5,10H2,1-4H3,(H,19,20,21). The smallest absolute Gasteiger partial charge is 0.162 e. The molecule has 2 aromatic rings. The van der Waals surface area contributed by atoms with E-state index >= 15 is 0 Å². The van der Waals surface area contributed by atoms with Crippen molar-refractivity contribution < 1.29 is 0 Å². The predicted molar refractivity (Wildman–Crippen MR) is 92.8 cm³/mol. The summed E-state index contributed by atoms with van der Waals surface area (Å²) in [6.45, 7) is 9.51. The molecule has 1 aromatic heterocycles. The van der Waals surface area contributed by atoms with Crippen molar-refractivity contribution in [2.24, 2.45) is 0 Å². The van der Waals surface area contributed by atoms with Crippen LogP contribution in [0.4, 0.5) is 5.82 Å². The van der Waals surface area contributed by atoms with Crippen LogP contribution >= 0.6 is 15.9 Å². The quantitative estimate of drug-likeness (QED) is 0.811. The number of anilines is 1. The predicted octanol–water partition coefficient (Wildman–Crippen LogP) is 5.16. The maximum absolute atomic E-state index is 4.77. The van der Waals surface area contributed by atoms with Crippen LogP contribution in [0.2, 0.25) is 0 Å². The van der Waals surface area contributed by atoms with E-state index in [-0.39, 0.29) is 0 Å². The van der Waals surface area contributed by atoms with Crippen LogP contribution in [0.15, 0.2) is 28.7 Å². The summed E-state index contributed by atoms with van der Waals surface area (Å²) in [6, 6.07) is 8.06. The first-order chi connectivity index (χ1) is 10.0. The van der Waals surface area contributed by atoms with E-state index in [4.69, 9.17) is 9.97 Å². The van der Waals surface area contributed by atoms with Gasteiger partial charge in [0.15, 0.2) is 5.82 Å². The fourth-order valence-corrected chi connectivity index (χ4v) is 2.88. The molecule has 2 rings (SSSR count). The van der Waals surface area contributed by atoms with Gasteiger partial charge < -0.3 is 5.32 Å². The molecule has 0 spiro atoms. The van der Waals surface area contributed by atoms with Crippen LogP contribution in [-0.4, -0.2) is 16.5 Å². The molecule has 0 aliphatic rings. The minimum absolute atomic E-state index is 0.401. The lowest BCUT2D eigenvalue weighted by atomic mass is 10.0. The van der Waals surface area contributed by atoms with E-state index in [1.54, 1.807) is 0 Å². The first-order valence-corrected chi connectivity index (χ1v) is 8.21. The second-order valence-electron chi connectivity index (χ2n) is 5.46. The molecule has 0 aliphatic carbocycles. The Balaban J connectivity index is 2.54. The Labute approximate surface area is 135 Å². The maximum atomic E-state index is 4.77. The van der Waals surface area contributed by atoms with Gasteiger partial charge in [0.25, 0.3) is 0 Å². The Hall–Kier alpha value is -1.42. The second kappa shape index (κ2) is 7.03. The number of aromatic nitrogens is 2. The van der Waals surface area contributed by atoms with Gasteiger partial charge in [0, 0.05) is 27.8 Å². The summed E-state index contributed by atoms with van der Waals surface area (Å²) in [6.07, 6.45) is 1.07. The van der Waals surface area contributed by atoms with Crippen LogP contribution in [0.3, 0.4) is 0 Å². The average molecular weight is 348 g/mol. The first kappa shape index (κ1) is 16.0. The molecule has 3 nitrogen and oxygen atoms in total. The Morgan fingerprint density at radius 2 is 1.90 bits per heavy atom. The maximum Gasteiger partial charge on any atom is 0.162 e. The minimum Gasteiger partial charge on any atom is -0.370 e. The van der Waals surface area contributed by atoms with Crippen molar-refractivity contribution in [2.45, 2.75) is 40.0 Å². The zero-order valence-electron chi connectivity index (χ0n) is 13.1. The van der Waals surface area contributed by atoms with Crippen LogP contribution in [-0.2, 0) is 0 Å². The van der Waals surface area contributed by atoms with E-state index in [0.717, 1.165) is 40.3 Å². The van der Waals surface area contributed by atoms with Crippen LogP contribution in [0, 0.1) is 6.92 Å². The molecule has 0 bridgehead atoms. The fraction of sp³-hybridized carbons (Fsp3) is 0.412. The van der Waals surface area contributed by atoms with Crippen molar-refractivity contribution in [2.75, 3.05) is 11.9 Å². The number of nitrogens with zero attached hydrogens (tertiary/aromatic N) is 2. The molecule has 1 aromatic carbocycles. The number of rotatable bonds is 5. The summed E-state index contributed by atoms with van der Waals surface area (Å²) in [4.78, 5) is 9.48. The number of halogens is 1. The largest absolute Gasteiger partial charge is 0.370 e. The molecule has 0 aliphatic heterocycles. The van der Waals surface area contributed by atoms with Crippen molar-refractivity contribution in [1.29, 1.82) is 0 Å². The summed E-state index contributed by atoms with van der Waals surface area (Å²) in [5.41, 5.74) is 3.28. The van der Waals surface area contributed by atoms with Crippen LogP contribution < -0.4 is 5.32 Å². The van der Waals surface area contributed by atoms with E-state index in [0.29, 0.717) is 5.92 Å². The molecule has 0 amide bonds. The van der Waals surface area contributed by atoms with Crippen LogP contribution in [0.5, 0.6) is 0 Å². The van der Waals surface area contributed by atoms with Gasteiger partial charge in [0.1, 0.15) is 5.82 Å². The third-order valence-corrected chi connectivity index (χ3v) is 4.06. The highest BCUT2D eigenvalue weighted by atomic mass is 79.9. The molecule has 1 N–H and O–H groups in total. The Kier molecular flexibility index (Phi) is 5.34. The highest BCUT2D eigenvalue weighted by Crippen LogP contribution is 2.31. The summed E-state index contributed by atoms with van der Waals surface area (Å²) >= 11 is 3.58. The monoisotopic (exact) mass is 347 g/mol. The lowest BCUT2D eigenvalue weighted by Gasteiger charge is -2.17. The Bertz CT molecular complexity index is 623. The molecule has 4 heteroatoms.